The second-order valence-electron chi connectivity index (χ2n) is 15.3. The van der Waals surface area contributed by atoms with Gasteiger partial charge in [-0.2, -0.15) is 0 Å². The highest BCUT2D eigenvalue weighted by Crippen LogP contribution is 2.43. The van der Waals surface area contributed by atoms with Crippen LogP contribution in [0.1, 0.15) is 200 Å². The van der Waals surface area contributed by atoms with Crippen molar-refractivity contribution in [1.29, 1.82) is 0 Å². The Balaban J connectivity index is 1.59. The molecule has 2 fully saturated rings. The molecule has 1 heterocycles. The molecule has 48 heavy (non-hydrogen) atoms. The van der Waals surface area contributed by atoms with E-state index < -0.39 is 0 Å². The quantitative estimate of drug-likeness (QED) is 0.0542. The van der Waals surface area contributed by atoms with Crippen LogP contribution in [0.2, 0.25) is 0 Å². The second-order valence-corrected chi connectivity index (χ2v) is 15.3. The minimum atomic E-state index is -0.318. The molecule has 0 aromatic carbocycles. The van der Waals surface area contributed by atoms with Gasteiger partial charge in [0, 0.05) is 18.9 Å². The normalized spacial score (nSPS) is 23.2. The van der Waals surface area contributed by atoms with Crippen molar-refractivity contribution in [2.24, 2.45) is 0 Å². The number of hydrogen-bond acceptors (Lipinski definition) is 3. The van der Waals surface area contributed by atoms with Gasteiger partial charge in [-0.25, -0.2) is 0 Å². The summed E-state index contributed by atoms with van der Waals surface area (Å²) in [4.78, 5) is 2.39. The molecule has 2 aliphatic rings. The molecule has 0 aromatic rings. The molecule has 0 amide bonds. The topological polar surface area (TPSA) is 21.7 Å². The standard InChI is InChI=1S/C45H81NO2/c1-5-7-9-11-13-15-17-19-21-23-25-27-29-31-33-35-39-45(47-43-38-37-42(46(3)4)41-44(43)48-45)40-36-34-32-30-28-26-24-22-20-18-16-14-12-10-8-6-2/h13-16,19-22,42-44H,5-12,17-18,23-41H2,1-4H3. The van der Waals surface area contributed by atoms with Gasteiger partial charge in [0.05, 0.1) is 12.2 Å². The van der Waals surface area contributed by atoms with Crippen molar-refractivity contribution in [2.75, 3.05) is 14.1 Å². The van der Waals surface area contributed by atoms with Crippen molar-refractivity contribution in [1.82, 2.24) is 4.90 Å². The van der Waals surface area contributed by atoms with Gasteiger partial charge in [-0.3, -0.25) is 0 Å². The molecule has 3 nitrogen and oxygen atoms in total. The van der Waals surface area contributed by atoms with E-state index in [9.17, 15) is 0 Å². The fourth-order valence-electron chi connectivity index (χ4n) is 7.51. The van der Waals surface area contributed by atoms with Gasteiger partial charge in [-0.1, -0.05) is 140 Å². The number of unbranched alkanes of at least 4 members (excludes halogenated alkanes) is 18. The maximum atomic E-state index is 6.91. The van der Waals surface area contributed by atoms with Crippen molar-refractivity contribution in [2.45, 2.75) is 224 Å². The van der Waals surface area contributed by atoms with Gasteiger partial charge in [-0.05, 0) is 110 Å². The predicted molar refractivity (Wildman–Crippen MR) is 212 cm³/mol. The Kier molecular flexibility index (Phi) is 26.5. The largest absolute Gasteiger partial charge is 0.344 e. The zero-order chi connectivity index (χ0) is 34.4. The highest BCUT2D eigenvalue weighted by atomic mass is 16.8. The monoisotopic (exact) mass is 668 g/mol. The van der Waals surface area contributed by atoms with E-state index in [1.807, 2.05) is 0 Å². The zero-order valence-corrected chi connectivity index (χ0v) is 32.6. The zero-order valence-electron chi connectivity index (χ0n) is 32.6. The molecule has 0 bridgehead atoms. The van der Waals surface area contributed by atoms with Crippen LogP contribution < -0.4 is 0 Å². The summed E-state index contributed by atoms with van der Waals surface area (Å²) in [6, 6.07) is 0.634. The van der Waals surface area contributed by atoms with E-state index in [0.717, 1.165) is 38.5 Å². The Labute approximate surface area is 300 Å². The molecule has 3 heteroatoms. The molecule has 1 saturated heterocycles. The number of fused-ring (bicyclic) bond motifs is 1. The van der Waals surface area contributed by atoms with Crippen LogP contribution in [0.4, 0.5) is 0 Å². The minimum Gasteiger partial charge on any atom is -0.344 e. The van der Waals surface area contributed by atoms with Crippen LogP contribution >= 0.6 is 0 Å². The van der Waals surface area contributed by atoms with Gasteiger partial charge < -0.3 is 14.4 Å². The number of rotatable bonds is 31. The van der Waals surface area contributed by atoms with Gasteiger partial charge in [0.1, 0.15) is 0 Å². The van der Waals surface area contributed by atoms with Gasteiger partial charge in [0.25, 0.3) is 0 Å². The van der Waals surface area contributed by atoms with Crippen molar-refractivity contribution in [3.63, 3.8) is 0 Å². The summed E-state index contributed by atoms with van der Waals surface area (Å²) in [5, 5.41) is 0. The molecular weight excluding hydrogens is 587 g/mol. The Morgan fingerprint density at radius 3 is 1.31 bits per heavy atom. The third kappa shape index (κ3) is 21.1. The summed E-state index contributed by atoms with van der Waals surface area (Å²) in [7, 11) is 4.45. The van der Waals surface area contributed by atoms with E-state index in [4.69, 9.17) is 9.47 Å². The smallest absolute Gasteiger partial charge is 0.169 e. The van der Waals surface area contributed by atoms with Crippen LogP contribution in [0, 0.1) is 0 Å². The lowest BCUT2D eigenvalue weighted by Gasteiger charge is -2.33. The summed E-state index contributed by atoms with van der Waals surface area (Å²) in [5.41, 5.74) is 0. The Morgan fingerprint density at radius 2 is 0.875 bits per heavy atom. The van der Waals surface area contributed by atoms with Crippen LogP contribution in [0.5, 0.6) is 0 Å². The first-order valence-electron chi connectivity index (χ1n) is 21.2. The summed E-state index contributed by atoms with van der Waals surface area (Å²) >= 11 is 0. The molecule has 1 saturated carbocycles. The molecule has 2 rings (SSSR count). The van der Waals surface area contributed by atoms with Crippen LogP contribution in [0.25, 0.3) is 0 Å². The van der Waals surface area contributed by atoms with E-state index in [1.54, 1.807) is 0 Å². The lowest BCUT2D eigenvalue weighted by atomic mass is 9.90. The lowest BCUT2D eigenvalue weighted by Crippen LogP contribution is -2.40. The average molecular weight is 668 g/mol. The average Bonchev–Trinajstić information content (AvgIpc) is 3.45. The third-order valence-corrected chi connectivity index (χ3v) is 10.7. The predicted octanol–water partition coefficient (Wildman–Crippen LogP) is 14.0. The molecule has 0 radical (unpaired) electrons. The van der Waals surface area contributed by atoms with Gasteiger partial charge in [0.15, 0.2) is 5.79 Å². The number of allylic oxidation sites excluding steroid dienone is 8. The first kappa shape index (κ1) is 43.0. The SMILES string of the molecule is CCCCCC=CCC=CCCCCCCCCC1(CCCCCCCCC=CCC=CCCCCC)OC2CCC(N(C)C)CC2O1. The summed E-state index contributed by atoms with van der Waals surface area (Å²) in [6.45, 7) is 4.54. The Bertz CT molecular complexity index is 794. The first-order chi connectivity index (χ1) is 23.6. The number of ether oxygens (including phenoxy) is 2. The lowest BCUT2D eigenvalue weighted by molar-refractivity contribution is -0.186. The van der Waals surface area contributed by atoms with E-state index in [0.29, 0.717) is 18.2 Å². The summed E-state index contributed by atoms with van der Waals surface area (Å²) < 4.78 is 13.8. The highest BCUT2D eigenvalue weighted by Gasteiger charge is 2.49. The van der Waals surface area contributed by atoms with Crippen molar-refractivity contribution < 1.29 is 9.47 Å². The van der Waals surface area contributed by atoms with E-state index >= 15 is 0 Å². The number of hydrogen-bond donors (Lipinski definition) is 0. The Hall–Kier alpha value is -1.16. The summed E-state index contributed by atoms with van der Waals surface area (Å²) in [5.74, 6) is -0.318. The van der Waals surface area contributed by atoms with Gasteiger partial charge in [0.2, 0.25) is 0 Å². The molecule has 3 unspecified atom stereocenters. The van der Waals surface area contributed by atoms with Gasteiger partial charge in [-0.15, -0.1) is 0 Å². The van der Waals surface area contributed by atoms with Crippen LogP contribution in [0.15, 0.2) is 48.6 Å². The summed E-state index contributed by atoms with van der Waals surface area (Å²) in [6.07, 6.45) is 56.3. The highest BCUT2D eigenvalue weighted by molar-refractivity contribution is 4.95. The van der Waals surface area contributed by atoms with Crippen molar-refractivity contribution in [3.05, 3.63) is 48.6 Å². The van der Waals surface area contributed by atoms with Crippen molar-refractivity contribution in [3.8, 4) is 0 Å². The van der Waals surface area contributed by atoms with Gasteiger partial charge >= 0.3 is 0 Å². The molecule has 0 N–H and O–H groups in total. The molecule has 278 valence electrons. The van der Waals surface area contributed by atoms with Crippen LogP contribution in [-0.2, 0) is 9.47 Å². The maximum Gasteiger partial charge on any atom is 0.169 e. The van der Waals surface area contributed by atoms with E-state index in [2.05, 4.69) is 81.5 Å². The van der Waals surface area contributed by atoms with Crippen LogP contribution in [0.3, 0.4) is 0 Å². The number of nitrogens with zero attached hydrogens (tertiary/aromatic N) is 1. The third-order valence-electron chi connectivity index (χ3n) is 10.7. The molecule has 0 aromatic heterocycles. The second kappa shape index (κ2) is 29.6. The molecular formula is C45H81NO2. The minimum absolute atomic E-state index is 0.292. The fourth-order valence-corrected chi connectivity index (χ4v) is 7.51. The fraction of sp³-hybridized carbons (Fsp3) is 0.822. The molecule has 3 atom stereocenters. The van der Waals surface area contributed by atoms with E-state index in [1.165, 1.54) is 148 Å². The maximum absolute atomic E-state index is 6.91. The van der Waals surface area contributed by atoms with Crippen LogP contribution in [-0.4, -0.2) is 43.0 Å². The molecule has 0 spiro atoms. The first-order valence-corrected chi connectivity index (χ1v) is 21.2. The van der Waals surface area contributed by atoms with Crippen molar-refractivity contribution >= 4 is 0 Å². The molecule has 1 aliphatic carbocycles. The molecule has 1 aliphatic heterocycles. The van der Waals surface area contributed by atoms with E-state index in [-0.39, 0.29) is 5.79 Å². The Morgan fingerprint density at radius 1 is 0.479 bits per heavy atom.